The molecule has 1 aliphatic heterocycles. The number of ether oxygens (including phenoxy) is 3. The van der Waals surface area contributed by atoms with Gasteiger partial charge >= 0.3 is 12.5 Å². The van der Waals surface area contributed by atoms with Gasteiger partial charge in [0, 0.05) is 0 Å². The molecule has 0 unspecified atom stereocenters. The van der Waals surface area contributed by atoms with Crippen LogP contribution in [0.5, 0.6) is 0 Å². The second-order valence-corrected chi connectivity index (χ2v) is 4.44. The molecule has 8 heteroatoms. The monoisotopic (exact) mass is 310 g/mol. The zero-order chi connectivity index (χ0) is 15.5. The summed E-state index contributed by atoms with van der Waals surface area (Å²) in [6, 6.07) is 6.47. The molecule has 0 saturated heterocycles. The van der Waals surface area contributed by atoms with Crippen LogP contribution >= 0.6 is 0 Å². The highest BCUT2D eigenvalue weighted by Gasteiger charge is 2.21. The minimum Gasteiger partial charge on any atom is -0.493 e. The van der Waals surface area contributed by atoms with E-state index >= 15 is 0 Å². The van der Waals surface area contributed by atoms with Gasteiger partial charge in [-0.2, -0.15) is 8.78 Å². The Kier molecular flexibility index (Phi) is 3.90. The Hall–Kier alpha value is -2.64. The van der Waals surface area contributed by atoms with Crippen LogP contribution in [0.2, 0.25) is 0 Å². The number of hydrogen-bond donors (Lipinski definition) is 0. The summed E-state index contributed by atoms with van der Waals surface area (Å²) in [7, 11) is 0. The van der Waals surface area contributed by atoms with E-state index in [0.29, 0.717) is 12.1 Å². The number of carbonyl (C=O) groups excluding carboxylic acids is 1. The van der Waals surface area contributed by atoms with Gasteiger partial charge in [-0.3, -0.25) is 4.57 Å². The van der Waals surface area contributed by atoms with Crippen LogP contribution in [0.25, 0.3) is 11.0 Å². The largest absolute Gasteiger partial charge is 0.493 e. The first-order chi connectivity index (χ1) is 10.7. The third-order valence-corrected chi connectivity index (χ3v) is 3.05. The van der Waals surface area contributed by atoms with Gasteiger partial charge in [-0.25, -0.2) is 9.78 Å². The third-order valence-electron chi connectivity index (χ3n) is 3.05. The summed E-state index contributed by atoms with van der Waals surface area (Å²) >= 11 is 0. The maximum absolute atomic E-state index is 13.2. The number of rotatable bonds is 4. The minimum absolute atomic E-state index is 0.0399. The quantitative estimate of drug-likeness (QED) is 0.811. The van der Waals surface area contributed by atoms with Crippen LogP contribution in [0.4, 0.5) is 8.78 Å². The summed E-state index contributed by atoms with van der Waals surface area (Å²) in [5.41, 5.74) is 0.685. The first-order valence-electron chi connectivity index (χ1n) is 6.52. The number of fused-ring (bicyclic) bond motifs is 1. The number of imidazole rings is 1. The highest BCUT2D eigenvalue weighted by molar-refractivity contribution is 5.86. The number of esters is 1. The van der Waals surface area contributed by atoms with Gasteiger partial charge in [-0.15, -0.1) is 0 Å². The fourth-order valence-electron chi connectivity index (χ4n) is 2.09. The van der Waals surface area contributed by atoms with Gasteiger partial charge in [-0.05, 0) is 12.1 Å². The molecule has 116 valence electrons. The fourth-order valence-corrected chi connectivity index (χ4v) is 2.09. The lowest BCUT2D eigenvalue weighted by Crippen LogP contribution is -2.18. The Morgan fingerprint density at radius 2 is 2.18 bits per heavy atom. The van der Waals surface area contributed by atoms with Crippen LogP contribution < -0.4 is 0 Å². The zero-order valence-corrected chi connectivity index (χ0v) is 11.4. The van der Waals surface area contributed by atoms with Gasteiger partial charge in [0.2, 0.25) is 5.76 Å². The summed E-state index contributed by atoms with van der Waals surface area (Å²) in [4.78, 5) is 15.8. The lowest BCUT2D eigenvalue weighted by atomic mass is 10.3. The molecule has 0 spiro atoms. The van der Waals surface area contributed by atoms with E-state index in [1.165, 1.54) is 6.07 Å². The molecule has 0 saturated carbocycles. The minimum atomic E-state index is -2.78. The summed E-state index contributed by atoms with van der Waals surface area (Å²) < 4.78 is 42.1. The first-order valence-corrected chi connectivity index (χ1v) is 6.52. The van der Waals surface area contributed by atoms with E-state index in [2.05, 4.69) is 4.98 Å². The van der Waals surface area contributed by atoms with Gasteiger partial charge in [0.05, 0.1) is 11.0 Å². The second kappa shape index (κ2) is 6.00. The normalized spacial score (nSPS) is 14.4. The highest BCUT2D eigenvalue weighted by atomic mass is 19.3. The van der Waals surface area contributed by atoms with Crippen LogP contribution in [0.15, 0.2) is 36.3 Å². The van der Waals surface area contributed by atoms with Crippen molar-refractivity contribution in [3.63, 3.8) is 0 Å². The number of benzene rings is 1. The van der Waals surface area contributed by atoms with Crippen LogP contribution in [0, 0.1) is 0 Å². The highest BCUT2D eigenvalue weighted by Crippen LogP contribution is 2.23. The van der Waals surface area contributed by atoms with Gasteiger partial charge in [-0.1, -0.05) is 12.1 Å². The predicted octanol–water partition coefficient (Wildman–Crippen LogP) is 2.36. The molecule has 0 bridgehead atoms. The van der Waals surface area contributed by atoms with Crippen molar-refractivity contribution in [3.05, 3.63) is 42.1 Å². The lowest BCUT2D eigenvalue weighted by molar-refractivity contribution is -0.146. The Balaban J connectivity index is 1.80. The van der Waals surface area contributed by atoms with E-state index in [1.807, 2.05) is 0 Å². The zero-order valence-electron chi connectivity index (χ0n) is 11.4. The van der Waals surface area contributed by atoms with E-state index in [1.54, 1.807) is 18.2 Å². The van der Waals surface area contributed by atoms with E-state index < -0.39 is 19.1 Å². The van der Waals surface area contributed by atoms with Gasteiger partial charge in [0.25, 0.3) is 0 Å². The number of nitrogens with zero attached hydrogens (tertiary/aromatic N) is 2. The lowest BCUT2D eigenvalue weighted by Gasteiger charge is -2.14. The van der Waals surface area contributed by atoms with Crippen molar-refractivity contribution in [2.24, 2.45) is 0 Å². The first kappa shape index (κ1) is 14.3. The molecular weight excluding hydrogens is 298 g/mol. The molecule has 0 aliphatic carbocycles. The summed E-state index contributed by atoms with van der Waals surface area (Å²) in [6.07, 6.45) is 1.14. The van der Waals surface area contributed by atoms with Gasteiger partial charge in [0.1, 0.15) is 26.1 Å². The molecule has 0 radical (unpaired) electrons. The van der Waals surface area contributed by atoms with Crippen molar-refractivity contribution < 1.29 is 27.8 Å². The molecular formula is C14H12F2N2O4. The molecule has 2 heterocycles. The molecule has 1 aromatic carbocycles. The fraction of sp³-hybridized carbons (Fsp3) is 0.286. The Morgan fingerprint density at radius 3 is 2.91 bits per heavy atom. The molecule has 3 rings (SSSR count). The molecule has 6 nitrogen and oxygen atoms in total. The molecule has 0 amide bonds. The predicted molar refractivity (Wildman–Crippen MR) is 70.8 cm³/mol. The van der Waals surface area contributed by atoms with E-state index in [4.69, 9.17) is 14.2 Å². The van der Waals surface area contributed by atoms with E-state index in [0.717, 1.165) is 10.8 Å². The number of aromatic nitrogens is 2. The summed E-state index contributed by atoms with van der Waals surface area (Å²) in [5.74, 6) is -0.916. The summed E-state index contributed by atoms with van der Waals surface area (Å²) in [5, 5.41) is 0. The maximum Gasteiger partial charge on any atom is 0.377 e. The average Bonchev–Trinajstić information content (AvgIpc) is 2.92. The average molecular weight is 310 g/mol. The van der Waals surface area contributed by atoms with Crippen LogP contribution in [-0.2, 0) is 25.6 Å². The summed E-state index contributed by atoms with van der Waals surface area (Å²) in [6.45, 7) is -2.60. The van der Waals surface area contributed by atoms with Crippen molar-refractivity contribution in [1.29, 1.82) is 0 Å². The maximum atomic E-state index is 13.2. The number of carbonyl (C=O) groups is 1. The van der Waals surface area contributed by atoms with E-state index in [-0.39, 0.29) is 23.7 Å². The number of hydrogen-bond acceptors (Lipinski definition) is 5. The van der Waals surface area contributed by atoms with Crippen molar-refractivity contribution in [2.45, 2.75) is 13.2 Å². The Morgan fingerprint density at radius 1 is 1.36 bits per heavy atom. The van der Waals surface area contributed by atoms with Crippen LogP contribution in [0.1, 0.15) is 12.4 Å². The van der Waals surface area contributed by atoms with Crippen LogP contribution in [0.3, 0.4) is 0 Å². The number of para-hydroxylation sites is 2. The molecule has 22 heavy (non-hydrogen) atoms. The van der Waals surface area contributed by atoms with Crippen molar-refractivity contribution in [3.8, 4) is 0 Å². The van der Waals surface area contributed by atoms with Gasteiger partial charge < -0.3 is 14.2 Å². The smallest absolute Gasteiger partial charge is 0.377 e. The number of alkyl halides is 2. The van der Waals surface area contributed by atoms with E-state index in [9.17, 15) is 13.6 Å². The molecule has 0 atom stereocenters. The molecule has 1 aliphatic rings. The SMILES string of the molecule is O=C(OCc1nc2ccccc2n1C(F)F)C1=COCCO1. The van der Waals surface area contributed by atoms with Crippen LogP contribution in [-0.4, -0.2) is 28.7 Å². The Labute approximate surface area is 123 Å². The molecule has 0 N–H and O–H groups in total. The molecule has 0 fully saturated rings. The number of halogens is 2. The van der Waals surface area contributed by atoms with Crippen molar-refractivity contribution in [2.75, 3.05) is 13.2 Å². The standard InChI is InChI=1S/C14H12F2N2O4/c15-14(16)18-10-4-2-1-3-9(10)17-12(18)8-22-13(19)11-7-20-5-6-21-11/h1-4,7,14H,5-6,8H2. The van der Waals surface area contributed by atoms with Crippen molar-refractivity contribution in [1.82, 2.24) is 9.55 Å². The molecule has 1 aromatic heterocycles. The van der Waals surface area contributed by atoms with Gasteiger partial charge in [0.15, 0.2) is 5.82 Å². The second-order valence-electron chi connectivity index (χ2n) is 4.44. The Bertz CT molecular complexity index is 727. The topological polar surface area (TPSA) is 62.6 Å². The molecule has 2 aromatic rings. The third kappa shape index (κ3) is 2.72. The van der Waals surface area contributed by atoms with Crippen molar-refractivity contribution >= 4 is 17.0 Å².